The molecule has 0 fully saturated rings. The summed E-state index contributed by atoms with van der Waals surface area (Å²) < 4.78 is 1.12. The van der Waals surface area contributed by atoms with Crippen LogP contribution in [0.2, 0.25) is 0 Å². The molecule has 0 amide bonds. The molecule has 0 saturated carbocycles. The van der Waals surface area contributed by atoms with Crippen molar-refractivity contribution in [3.05, 3.63) is 33.5 Å². The van der Waals surface area contributed by atoms with E-state index in [0.717, 1.165) is 45.1 Å². The fraction of sp³-hybridized carbons (Fsp3) is 0.375. The van der Waals surface area contributed by atoms with Crippen LogP contribution in [-0.4, -0.2) is 22.8 Å². The molecule has 0 saturated heterocycles. The van der Waals surface area contributed by atoms with Gasteiger partial charge in [-0.3, -0.25) is 0 Å². The van der Waals surface area contributed by atoms with Crippen LogP contribution in [0.1, 0.15) is 26.0 Å². The van der Waals surface area contributed by atoms with E-state index in [-0.39, 0.29) is 0 Å². The lowest BCUT2D eigenvalue weighted by molar-refractivity contribution is 0.868. The maximum Gasteiger partial charge on any atom is 0.161 e. The van der Waals surface area contributed by atoms with Gasteiger partial charge in [0.15, 0.2) is 5.82 Å². The topological polar surface area (TPSA) is 37.8 Å². The van der Waals surface area contributed by atoms with Gasteiger partial charge in [0.2, 0.25) is 0 Å². The van der Waals surface area contributed by atoms with E-state index in [0.29, 0.717) is 0 Å². The number of aryl methyl sites for hydroxylation is 1. The fourth-order valence-corrected chi connectivity index (χ4v) is 3.50. The van der Waals surface area contributed by atoms with E-state index in [2.05, 4.69) is 71.0 Å². The van der Waals surface area contributed by atoms with Crippen LogP contribution in [0.4, 0.5) is 5.82 Å². The lowest BCUT2D eigenvalue weighted by Gasteiger charge is -2.11. The van der Waals surface area contributed by atoms with Crippen LogP contribution in [0.15, 0.2) is 29.2 Å². The summed E-state index contributed by atoms with van der Waals surface area (Å²) >= 11 is 4.17. The molecule has 21 heavy (non-hydrogen) atoms. The number of nitrogens with zero attached hydrogens (tertiary/aromatic N) is 2. The Morgan fingerprint density at radius 3 is 2.43 bits per heavy atom. The minimum Gasteiger partial charge on any atom is -0.372 e. The van der Waals surface area contributed by atoms with Crippen molar-refractivity contribution in [1.82, 2.24) is 9.97 Å². The van der Waals surface area contributed by atoms with E-state index in [1.807, 2.05) is 18.8 Å². The van der Waals surface area contributed by atoms with Crippen molar-refractivity contribution in [2.45, 2.75) is 31.6 Å². The average molecular weight is 413 g/mol. The normalized spacial score (nSPS) is 10.7. The van der Waals surface area contributed by atoms with Crippen molar-refractivity contribution in [2.75, 3.05) is 18.1 Å². The second-order valence-electron chi connectivity index (χ2n) is 4.61. The third-order valence-corrected chi connectivity index (χ3v) is 5.09. The molecule has 1 aromatic heterocycles. The van der Waals surface area contributed by atoms with Gasteiger partial charge >= 0.3 is 0 Å². The molecule has 5 heteroatoms. The second-order valence-corrected chi connectivity index (χ2v) is 7.03. The number of benzene rings is 1. The monoisotopic (exact) mass is 413 g/mol. The zero-order valence-electron chi connectivity index (χ0n) is 12.6. The molecule has 0 aliphatic carbocycles. The first kappa shape index (κ1) is 16.5. The third-order valence-electron chi connectivity index (χ3n) is 3.07. The van der Waals surface area contributed by atoms with Crippen molar-refractivity contribution in [3.63, 3.8) is 0 Å². The first-order valence-corrected chi connectivity index (χ1v) is 9.23. The maximum absolute atomic E-state index is 4.75. The van der Waals surface area contributed by atoms with Gasteiger partial charge in [0.1, 0.15) is 5.82 Å². The summed E-state index contributed by atoms with van der Waals surface area (Å²) in [6.07, 6.45) is 2.06. The van der Waals surface area contributed by atoms with Crippen LogP contribution in [0.25, 0.3) is 11.4 Å². The van der Waals surface area contributed by atoms with E-state index in [9.17, 15) is 0 Å². The van der Waals surface area contributed by atoms with Gasteiger partial charge in [0.05, 0.1) is 9.26 Å². The van der Waals surface area contributed by atoms with Crippen LogP contribution in [0.5, 0.6) is 0 Å². The van der Waals surface area contributed by atoms with Crippen molar-refractivity contribution in [3.8, 4) is 11.4 Å². The first-order valence-electron chi connectivity index (χ1n) is 7.17. The van der Waals surface area contributed by atoms with Crippen LogP contribution in [-0.2, 0) is 6.42 Å². The summed E-state index contributed by atoms with van der Waals surface area (Å²) in [7, 11) is 1.91. The molecule has 0 unspecified atom stereocenters. The fourth-order valence-electron chi connectivity index (χ4n) is 2.06. The molecule has 3 nitrogen and oxygen atoms in total. The van der Waals surface area contributed by atoms with Crippen LogP contribution in [0.3, 0.4) is 0 Å². The van der Waals surface area contributed by atoms with Gasteiger partial charge in [0.25, 0.3) is 0 Å². The number of aromatic nitrogens is 2. The van der Waals surface area contributed by atoms with Gasteiger partial charge in [0, 0.05) is 17.5 Å². The molecule has 0 bridgehead atoms. The molecule has 0 aliphatic rings. The van der Waals surface area contributed by atoms with Gasteiger partial charge in [-0.15, -0.1) is 11.8 Å². The second kappa shape index (κ2) is 7.98. The van der Waals surface area contributed by atoms with E-state index >= 15 is 0 Å². The van der Waals surface area contributed by atoms with Gasteiger partial charge in [-0.25, -0.2) is 9.97 Å². The quantitative estimate of drug-likeness (QED) is 0.543. The Bertz CT molecular complexity index is 599. The highest BCUT2D eigenvalue weighted by Crippen LogP contribution is 2.26. The summed E-state index contributed by atoms with van der Waals surface area (Å²) in [6.45, 7) is 4.34. The Balaban J connectivity index is 2.40. The SMILES string of the molecule is CCCc1nc(-c2ccc(SCC)cc2)nc(NC)c1I. The molecule has 2 rings (SSSR count). The van der Waals surface area contributed by atoms with E-state index in [1.165, 1.54) is 4.90 Å². The highest BCUT2D eigenvalue weighted by molar-refractivity contribution is 14.1. The minimum atomic E-state index is 0.802. The van der Waals surface area contributed by atoms with Crippen LogP contribution < -0.4 is 5.32 Å². The summed E-state index contributed by atoms with van der Waals surface area (Å²) in [5, 5.41) is 3.17. The largest absolute Gasteiger partial charge is 0.372 e. The van der Waals surface area contributed by atoms with E-state index in [1.54, 1.807) is 0 Å². The number of thioether (sulfide) groups is 1. The molecular formula is C16H20IN3S. The predicted molar refractivity (Wildman–Crippen MR) is 100 cm³/mol. The zero-order chi connectivity index (χ0) is 15.2. The van der Waals surface area contributed by atoms with Crippen molar-refractivity contribution in [2.24, 2.45) is 0 Å². The Hall–Kier alpha value is -0.820. The van der Waals surface area contributed by atoms with E-state index < -0.39 is 0 Å². The van der Waals surface area contributed by atoms with Gasteiger partial charge < -0.3 is 5.32 Å². The lowest BCUT2D eigenvalue weighted by atomic mass is 10.2. The molecule has 1 aromatic carbocycles. The van der Waals surface area contributed by atoms with Crippen LogP contribution >= 0.6 is 34.4 Å². The highest BCUT2D eigenvalue weighted by atomic mass is 127. The van der Waals surface area contributed by atoms with Gasteiger partial charge in [-0.05, 0) is 46.9 Å². The summed E-state index contributed by atoms with van der Waals surface area (Å²) in [6, 6.07) is 8.50. The van der Waals surface area contributed by atoms with Crippen molar-refractivity contribution >= 4 is 40.2 Å². The standard InChI is InChI=1S/C16H20IN3S/c1-4-6-13-14(17)16(18-3)20-15(19-13)11-7-9-12(10-8-11)21-5-2/h7-10H,4-6H2,1-3H3,(H,18,19,20). The molecule has 2 aromatic rings. The molecule has 0 radical (unpaired) electrons. The number of hydrogen-bond acceptors (Lipinski definition) is 4. The molecule has 0 atom stereocenters. The lowest BCUT2D eigenvalue weighted by Crippen LogP contribution is -2.05. The molecule has 112 valence electrons. The maximum atomic E-state index is 4.75. The summed E-state index contributed by atoms with van der Waals surface area (Å²) in [5.74, 6) is 2.80. The summed E-state index contributed by atoms with van der Waals surface area (Å²) in [4.78, 5) is 10.7. The molecular weight excluding hydrogens is 393 g/mol. The van der Waals surface area contributed by atoms with Crippen LogP contribution in [0, 0.1) is 3.57 Å². The van der Waals surface area contributed by atoms with Gasteiger partial charge in [-0.1, -0.05) is 32.4 Å². The number of hydrogen-bond donors (Lipinski definition) is 1. The molecule has 0 spiro atoms. The first-order chi connectivity index (χ1) is 10.2. The number of rotatable bonds is 6. The highest BCUT2D eigenvalue weighted by Gasteiger charge is 2.12. The summed E-state index contributed by atoms with van der Waals surface area (Å²) in [5.41, 5.74) is 2.19. The Morgan fingerprint density at radius 2 is 1.86 bits per heavy atom. The Labute approximate surface area is 144 Å². The Kier molecular flexibility index (Phi) is 6.29. The predicted octanol–water partition coefficient (Wildman–Crippen LogP) is 4.85. The molecule has 1 N–H and O–H groups in total. The Morgan fingerprint density at radius 1 is 1.14 bits per heavy atom. The third kappa shape index (κ3) is 4.10. The number of halogens is 1. The minimum absolute atomic E-state index is 0.802. The smallest absolute Gasteiger partial charge is 0.161 e. The van der Waals surface area contributed by atoms with Crippen molar-refractivity contribution < 1.29 is 0 Å². The average Bonchev–Trinajstić information content (AvgIpc) is 2.51. The van der Waals surface area contributed by atoms with E-state index in [4.69, 9.17) is 4.98 Å². The molecule has 0 aliphatic heterocycles. The zero-order valence-corrected chi connectivity index (χ0v) is 15.6. The number of nitrogens with one attached hydrogen (secondary N) is 1. The van der Waals surface area contributed by atoms with Gasteiger partial charge in [-0.2, -0.15) is 0 Å². The van der Waals surface area contributed by atoms with Crippen molar-refractivity contribution in [1.29, 1.82) is 0 Å². The number of anilines is 1. The molecule has 1 heterocycles.